The Kier molecular flexibility index (Phi) is 6.34. The van der Waals surface area contributed by atoms with E-state index in [9.17, 15) is 9.59 Å². The van der Waals surface area contributed by atoms with Crippen molar-refractivity contribution in [2.75, 3.05) is 13.7 Å². The maximum Gasteiger partial charge on any atom is 0.310 e. The first-order chi connectivity index (χ1) is 11.9. The molecule has 0 saturated carbocycles. The van der Waals surface area contributed by atoms with Gasteiger partial charge in [0, 0.05) is 18.7 Å². The highest BCUT2D eigenvalue weighted by molar-refractivity contribution is 5.95. The van der Waals surface area contributed by atoms with Crippen LogP contribution in [0.3, 0.4) is 0 Å². The molecule has 25 heavy (non-hydrogen) atoms. The molecule has 1 unspecified atom stereocenters. The lowest BCUT2D eigenvalue weighted by Crippen LogP contribution is -2.37. The van der Waals surface area contributed by atoms with Crippen molar-refractivity contribution >= 4 is 11.9 Å². The number of hydrogen-bond acceptors (Lipinski definition) is 3. The molecule has 0 fully saturated rings. The van der Waals surface area contributed by atoms with Crippen LogP contribution >= 0.6 is 0 Å². The van der Waals surface area contributed by atoms with Crippen molar-refractivity contribution in [2.45, 2.75) is 27.3 Å². The maximum atomic E-state index is 13.1. The van der Waals surface area contributed by atoms with Gasteiger partial charge in [0.05, 0.1) is 13.0 Å². The van der Waals surface area contributed by atoms with Gasteiger partial charge in [-0.1, -0.05) is 55.0 Å². The van der Waals surface area contributed by atoms with Crippen LogP contribution in [0.1, 0.15) is 34.0 Å². The van der Waals surface area contributed by atoms with Gasteiger partial charge in [-0.15, -0.1) is 0 Å². The smallest absolute Gasteiger partial charge is 0.310 e. The number of esters is 1. The van der Waals surface area contributed by atoms with Crippen molar-refractivity contribution in [3.63, 3.8) is 0 Å². The molecular weight excluding hydrogens is 314 g/mol. The lowest BCUT2D eigenvalue weighted by Gasteiger charge is -2.26. The SMILES string of the molecule is COC(=O)C(C)CN(Cc1ccc(C)cc1)C(=O)c1ccccc1C. The van der Waals surface area contributed by atoms with Crippen molar-refractivity contribution in [3.05, 3.63) is 70.8 Å². The number of aryl methyl sites for hydroxylation is 2. The summed E-state index contributed by atoms with van der Waals surface area (Å²) >= 11 is 0. The van der Waals surface area contributed by atoms with Crippen LogP contribution in [0.4, 0.5) is 0 Å². The Morgan fingerprint density at radius 3 is 2.28 bits per heavy atom. The molecule has 1 amide bonds. The molecule has 0 aliphatic carbocycles. The van der Waals surface area contributed by atoms with Crippen LogP contribution in [0.15, 0.2) is 48.5 Å². The zero-order valence-corrected chi connectivity index (χ0v) is 15.3. The minimum atomic E-state index is -0.386. The monoisotopic (exact) mass is 339 g/mol. The number of ether oxygens (including phenoxy) is 1. The van der Waals surface area contributed by atoms with Gasteiger partial charge in [-0.2, -0.15) is 0 Å². The van der Waals surface area contributed by atoms with Crippen LogP contribution in [0, 0.1) is 19.8 Å². The zero-order chi connectivity index (χ0) is 18.4. The second kappa shape index (κ2) is 8.47. The summed E-state index contributed by atoms with van der Waals surface area (Å²) in [6, 6.07) is 15.6. The summed E-state index contributed by atoms with van der Waals surface area (Å²) in [5.41, 5.74) is 3.78. The van der Waals surface area contributed by atoms with E-state index < -0.39 is 0 Å². The topological polar surface area (TPSA) is 46.6 Å². The van der Waals surface area contributed by atoms with Gasteiger partial charge in [0.15, 0.2) is 0 Å². The van der Waals surface area contributed by atoms with Crippen LogP contribution in [0.2, 0.25) is 0 Å². The van der Waals surface area contributed by atoms with E-state index in [1.54, 1.807) is 11.8 Å². The summed E-state index contributed by atoms with van der Waals surface area (Å²) < 4.78 is 4.81. The van der Waals surface area contributed by atoms with Crippen molar-refractivity contribution in [3.8, 4) is 0 Å². The fourth-order valence-corrected chi connectivity index (χ4v) is 2.72. The van der Waals surface area contributed by atoms with Gasteiger partial charge in [0.2, 0.25) is 0 Å². The lowest BCUT2D eigenvalue weighted by molar-refractivity contribution is -0.145. The number of carbonyl (C=O) groups is 2. The summed E-state index contributed by atoms with van der Waals surface area (Å²) in [7, 11) is 1.37. The Balaban J connectivity index is 2.27. The molecule has 132 valence electrons. The quantitative estimate of drug-likeness (QED) is 0.753. The predicted molar refractivity (Wildman–Crippen MR) is 98.3 cm³/mol. The van der Waals surface area contributed by atoms with E-state index in [1.165, 1.54) is 12.7 Å². The second-order valence-corrected chi connectivity index (χ2v) is 6.41. The van der Waals surface area contributed by atoms with Gasteiger partial charge in [-0.3, -0.25) is 9.59 Å². The Labute approximate surface area is 149 Å². The largest absolute Gasteiger partial charge is 0.469 e. The summed E-state index contributed by atoms with van der Waals surface area (Å²) in [4.78, 5) is 26.6. The van der Waals surface area contributed by atoms with E-state index in [-0.39, 0.29) is 17.8 Å². The third-order valence-electron chi connectivity index (χ3n) is 4.25. The van der Waals surface area contributed by atoms with Gasteiger partial charge in [0.1, 0.15) is 0 Å². The van der Waals surface area contributed by atoms with Crippen LogP contribution in [0.25, 0.3) is 0 Å². The van der Waals surface area contributed by atoms with Gasteiger partial charge in [-0.05, 0) is 31.0 Å². The summed E-state index contributed by atoms with van der Waals surface area (Å²) in [6.45, 7) is 6.49. The normalized spacial score (nSPS) is 11.7. The van der Waals surface area contributed by atoms with Crippen molar-refractivity contribution in [2.24, 2.45) is 5.92 Å². The van der Waals surface area contributed by atoms with Gasteiger partial charge in [-0.25, -0.2) is 0 Å². The first-order valence-electron chi connectivity index (χ1n) is 8.40. The molecule has 0 radical (unpaired) electrons. The standard InChI is InChI=1S/C21H25NO3/c1-15-9-11-18(12-10-15)14-22(13-17(3)21(24)25-4)20(23)19-8-6-5-7-16(19)2/h5-12,17H,13-14H2,1-4H3. The minimum Gasteiger partial charge on any atom is -0.469 e. The first kappa shape index (κ1) is 18.7. The molecule has 4 heteroatoms. The highest BCUT2D eigenvalue weighted by Crippen LogP contribution is 2.16. The molecule has 2 aromatic carbocycles. The Morgan fingerprint density at radius 1 is 1.04 bits per heavy atom. The lowest BCUT2D eigenvalue weighted by atomic mass is 10.1. The molecule has 2 aromatic rings. The van der Waals surface area contributed by atoms with Gasteiger partial charge in [0.25, 0.3) is 5.91 Å². The van der Waals surface area contributed by atoms with Crippen LogP contribution in [0.5, 0.6) is 0 Å². The average molecular weight is 339 g/mol. The molecule has 4 nitrogen and oxygen atoms in total. The number of rotatable bonds is 6. The van der Waals surface area contributed by atoms with Crippen molar-refractivity contribution in [1.29, 1.82) is 0 Å². The van der Waals surface area contributed by atoms with Gasteiger partial charge >= 0.3 is 5.97 Å². The van der Waals surface area contributed by atoms with Crippen molar-refractivity contribution < 1.29 is 14.3 Å². The summed E-state index contributed by atoms with van der Waals surface area (Å²) in [5, 5.41) is 0. The Morgan fingerprint density at radius 2 is 1.68 bits per heavy atom. The molecule has 0 N–H and O–H groups in total. The average Bonchev–Trinajstić information content (AvgIpc) is 2.62. The summed E-state index contributed by atoms with van der Waals surface area (Å²) in [5.74, 6) is -0.774. The maximum absolute atomic E-state index is 13.1. The van der Waals surface area contributed by atoms with E-state index >= 15 is 0 Å². The number of methoxy groups -OCH3 is 1. The second-order valence-electron chi connectivity index (χ2n) is 6.41. The number of nitrogens with zero attached hydrogens (tertiary/aromatic N) is 1. The highest BCUT2D eigenvalue weighted by Gasteiger charge is 2.23. The number of hydrogen-bond donors (Lipinski definition) is 0. The van der Waals surface area contributed by atoms with Crippen LogP contribution in [-0.2, 0) is 16.1 Å². The molecule has 2 rings (SSSR count). The third kappa shape index (κ3) is 4.92. The molecule has 1 atom stereocenters. The molecule has 0 saturated heterocycles. The van der Waals surface area contributed by atoms with E-state index in [2.05, 4.69) is 0 Å². The molecule has 0 spiro atoms. The molecule has 0 bridgehead atoms. The third-order valence-corrected chi connectivity index (χ3v) is 4.25. The van der Waals surface area contributed by atoms with E-state index in [0.717, 1.165) is 11.1 Å². The predicted octanol–water partition coefficient (Wildman–Crippen LogP) is 3.75. The number of carbonyl (C=O) groups excluding carboxylic acids is 2. The highest BCUT2D eigenvalue weighted by atomic mass is 16.5. The number of amides is 1. The van der Waals surface area contributed by atoms with E-state index in [4.69, 9.17) is 4.74 Å². The molecule has 0 aliphatic rings. The molecular formula is C21H25NO3. The molecule has 0 heterocycles. The fraction of sp³-hybridized carbons (Fsp3) is 0.333. The fourth-order valence-electron chi connectivity index (χ4n) is 2.72. The molecule has 0 aromatic heterocycles. The van der Waals surface area contributed by atoms with Crippen molar-refractivity contribution in [1.82, 2.24) is 4.90 Å². The number of benzene rings is 2. The Hall–Kier alpha value is -2.62. The van der Waals surface area contributed by atoms with Crippen LogP contribution < -0.4 is 0 Å². The summed E-state index contributed by atoms with van der Waals surface area (Å²) in [6.07, 6.45) is 0. The van der Waals surface area contributed by atoms with Crippen LogP contribution in [-0.4, -0.2) is 30.4 Å². The van der Waals surface area contributed by atoms with E-state index in [1.807, 2.05) is 62.4 Å². The zero-order valence-electron chi connectivity index (χ0n) is 15.3. The molecule has 0 aliphatic heterocycles. The Bertz CT molecular complexity index is 737. The first-order valence-corrected chi connectivity index (χ1v) is 8.40. The van der Waals surface area contributed by atoms with Gasteiger partial charge < -0.3 is 9.64 Å². The van der Waals surface area contributed by atoms with E-state index in [0.29, 0.717) is 18.7 Å². The minimum absolute atomic E-state index is 0.0746.